The minimum Gasteiger partial charge on any atom is -0.493 e. The second-order valence-electron chi connectivity index (χ2n) is 11.6. The number of para-hydroxylation sites is 1. The standard InChI is InChI=1S/C35H34F3N3O5/c1-34(25-14-15-28-29(21-25)45-19-18-44-28)32(42)41(33(43)40-34)16-7-2-3-8-17-46-31-24(20-23-10-5-4-6-11-23)22-39-30-26(31)12-9-13-27(30)35(36,37)38/h4-6,9-15,21-22H,2-3,7-8,16-20H2,1H3,(H,40,43). The van der Waals surface area contributed by atoms with Crippen molar-refractivity contribution in [1.29, 1.82) is 0 Å². The molecule has 1 saturated heterocycles. The van der Waals surface area contributed by atoms with Gasteiger partial charge in [0, 0.05) is 30.1 Å². The van der Waals surface area contributed by atoms with Crippen LogP contribution in [-0.4, -0.2) is 48.2 Å². The molecule has 1 atom stereocenters. The third-order valence-corrected chi connectivity index (χ3v) is 8.38. The zero-order valence-corrected chi connectivity index (χ0v) is 25.4. The van der Waals surface area contributed by atoms with Crippen LogP contribution >= 0.6 is 0 Å². The van der Waals surface area contributed by atoms with Crippen LogP contribution in [0.3, 0.4) is 0 Å². The summed E-state index contributed by atoms with van der Waals surface area (Å²) in [4.78, 5) is 31.6. The van der Waals surface area contributed by atoms with Gasteiger partial charge in [-0.25, -0.2) is 4.79 Å². The maximum Gasteiger partial charge on any atom is 0.418 e. The van der Waals surface area contributed by atoms with Crippen LogP contribution in [-0.2, 0) is 22.9 Å². The highest BCUT2D eigenvalue weighted by molar-refractivity contribution is 6.07. The summed E-state index contributed by atoms with van der Waals surface area (Å²) in [5, 5.41) is 3.15. The first-order valence-electron chi connectivity index (χ1n) is 15.3. The first-order chi connectivity index (χ1) is 22.1. The third-order valence-electron chi connectivity index (χ3n) is 8.38. The Morgan fingerprint density at radius 1 is 0.935 bits per heavy atom. The van der Waals surface area contributed by atoms with Gasteiger partial charge < -0.3 is 19.5 Å². The van der Waals surface area contributed by atoms with Gasteiger partial charge in [0.1, 0.15) is 24.5 Å². The Morgan fingerprint density at radius 2 is 1.70 bits per heavy atom. The van der Waals surface area contributed by atoms with E-state index in [0.717, 1.165) is 24.5 Å². The number of nitrogens with zero attached hydrogens (tertiary/aromatic N) is 2. The fourth-order valence-electron chi connectivity index (χ4n) is 5.93. The van der Waals surface area contributed by atoms with Crippen molar-refractivity contribution in [1.82, 2.24) is 15.2 Å². The zero-order valence-electron chi connectivity index (χ0n) is 25.4. The number of unbranched alkanes of at least 4 members (excludes halogenated alkanes) is 3. The molecule has 240 valence electrons. The molecule has 8 nitrogen and oxygen atoms in total. The molecule has 3 amide bonds. The van der Waals surface area contributed by atoms with Crippen molar-refractivity contribution in [3.8, 4) is 17.2 Å². The van der Waals surface area contributed by atoms with Crippen LogP contribution in [0.2, 0.25) is 0 Å². The SMILES string of the molecule is CC1(c2ccc3c(c2)OCCO3)NC(=O)N(CCCCCCOc2c(Cc3ccccc3)cnc3c(C(F)(F)F)cccc23)C1=O. The normalized spacial score (nSPS) is 17.8. The van der Waals surface area contributed by atoms with Crippen molar-refractivity contribution in [2.45, 2.75) is 50.7 Å². The number of imide groups is 1. The van der Waals surface area contributed by atoms with E-state index in [-0.39, 0.29) is 18.0 Å². The highest BCUT2D eigenvalue weighted by Gasteiger charge is 2.49. The topological polar surface area (TPSA) is 90.0 Å². The molecule has 1 unspecified atom stereocenters. The quantitative estimate of drug-likeness (QED) is 0.141. The van der Waals surface area contributed by atoms with Crippen LogP contribution in [0.4, 0.5) is 18.0 Å². The molecule has 11 heteroatoms. The minimum atomic E-state index is -4.54. The molecule has 0 radical (unpaired) electrons. The number of urea groups is 1. The van der Waals surface area contributed by atoms with Gasteiger partial charge >= 0.3 is 12.2 Å². The van der Waals surface area contributed by atoms with Crippen molar-refractivity contribution in [2.24, 2.45) is 0 Å². The molecule has 1 aromatic heterocycles. The third kappa shape index (κ3) is 6.31. The van der Waals surface area contributed by atoms with E-state index in [2.05, 4.69) is 10.3 Å². The number of nitrogens with one attached hydrogen (secondary N) is 1. The number of pyridine rings is 1. The highest BCUT2D eigenvalue weighted by Crippen LogP contribution is 2.39. The van der Waals surface area contributed by atoms with Gasteiger partial charge in [-0.1, -0.05) is 55.3 Å². The van der Waals surface area contributed by atoms with E-state index in [1.807, 2.05) is 30.3 Å². The van der Waals surface area contributed by atoms with Crippen LogP contribution < -0.4 is 19.5 Å². The number of amides is 3. The van der Waals surface area contributed by atoms with Crippen LogP contribution in [0, 0.1) is 0 Å². The molecule has 0 aliphatic carbocycles. The van der Waals surface area contributed by atoms with Gasteiger partial charge in [0.15, 0.2) is 11.5 Å². The van der Waals surface area contributed by atoms with E-state index >= 15 is 0 Å². The van der Waals surface area contributed by atoms with Crippen molar-refractivity contribution in [3.05, 3.63) is 95.2 Å². The molecule has 46 heavy (non-hydrogen) atoms. The van der Waals surface area contributed by atoms with Gasteiger partial charge in [-0.2, -0.15) is 13.2 Å². The largest absolute Gasteiger partial charge is 0.493 e. The molecule has 0 saturated carbocycles. The molecule has 2 aliphatic heterocycles. The summed E-state index contributed by atoms with van der Waals surface area (Å²) in [7, 11) is 0. The summed E-state index contributed by atoms with van der Waals surface area (Å²) in [5.41, 5.74) is 0.165. The summed E-state index contributed by atoms with van der Waals surface area (Å²) in [6.07, 6.45) is 0.107. The van der Waals surface area contributed by atoms with Gasteiger partial charge in [-0.05, 0) is 55.2 Å². The lowest BCUT2D eigenvalue weighted by Crippen LogP contribution is -2.41. The van der Waals surface area contributed by atoms with Gasteiger partial charge in [0.05, 0.1) is 17.7 Å². The number of benzene rings is 3. The molecule has 0 spiro atoms. The van der Waals surface area contributed by atoms with Crippen molar-refractivity contribution in [2.75, 3.05) is 26.4 Å². The summed E-state index contributed by atoms with van der Waals surface area (Å²) in [6.45, 7) is 3.11. The number of carbonyl (C=O) groups excluding carboxylic acids is 2. The number of rotatable bonds is 11. The molecular weight excluding hydrogens is 599 g/mol. The maximum absolute atomic E-state index is 13.7. The summed E-state index contributed by atoms with van der Waals surface area (Å²) >= 11 is 0. The fraction of sp³-hybridized carbons (Fsp3) is 0.343. The first-order valence-corrected chi connectivity index (χ1v) is 15.3. The number of fused-ring (bicyclic) bond motifs is 2. The Labute approximate surface area is 264 Å². The smallest absolute Gasteiger partial charge is 0.418 e. The van der Waals surface area contributed by atoms with Crippen molar-refractivity contribution in [3.63, 3.8) is 0 Å². The minimum absolute atomic E-state index is 0.140. The number of hydrogen-bond acceptors (Lipinski definition) is 6. The van der Waals surface area contributed by atoms with E-state index in [0.29, 0.717) is 72.8 Å². The number of carbonyl (C=O) groups is 2. The summed E-state index contributed by atoms with van der Waals surface area (Å²) in [5.74, 6) is 1.22. The van der Waals surface area contributed by atoms with Crippen LogP contribution in [0.5, 0.6) is 17.2 Å². The lowest BCUT2D eigenvalue weighted by molar-refractivity contribution is -0.136. The molecule has 3 heterocycles. The van der Waals surface area contributed by atoms with Gasteiger partial charge in [0.2, 0.25) is 0 Å². The number of hydrogen-bond donors (Lipinski definition) is 1. The van der Waals surface area contributed by atoms with Crippen LogP contribution in [0.15, 0.2) is 72.9 Å². The number of halogens is 3. The van der Waals surface area contributed by atoms with Crippen LogP contribution in [0.1, 0.15) is 54.9 Å². The predicted octanol–water partition coefficient (Wildman–Crippen LogP) is 7.02. The number of alkyl halides is 3. The monoisotopic (exact) mass is 633 g/mol. The van der Waals surface area contributed by atoms with E-state index in [9.17, 15) is 22.8 Å². The first kappa shape index (κ1) is 31.2. The molecule has 1 fully saturated rings. The molecule has 1 N–H and O–H groups in total. The summed E-state index contributed by atoms with van der Waals surface area (Å²) < 4.78 is 58.6. The predicted molar refractivity (Wildman–Crippen MR) is 165 cm³/mol. The molecule has 4 aromatic rings. The zero-order chi connectivity index (χ0) is 32.3. The van der Waals surface area contributed by atoms with Crippen LogP contribution in [0.25, 0.3) is 10.9 Å². The fourth-order valence-corrected chi connectivity index (χ4v) is 5.93. The highest BCUT2D eigenvalue weighted by atomic mass is 19.4. The number of ether oxygens (including phenoxy) is 3. The number of aromatic nitrogens is 1. The van der Waals surface area contributed by atoms with Crippen molar-refractivity contribution >= 4 is 22.8 Å². The molecule has 0 bridgehead atoms. The lowest BCUT2D eigenvalue weighted by Gasteiger charge is -2.25. The average molecular weight is 634 g/mol. The van der Waals surface area contributed by atoms with Crippen molar-refractivity contribution < 1.29 is 37.0 Å². The summed E-state index contributed by atoms with van der Waals surface area (Å²) in [6, 6.07) is 18.4. The van der Waals surface area contributed by atoms with E-state index in [4.69, 9.17) is 14.2 Å². The second-order valence-corrected chi connectivity index (χ2v) is 11.6. The van der Waals surface area contributed by atoms with Gasteiger partial charge in [-0.3, -0.25) is 14.7 Å². The Morgan fingerprint density at radius 3 is 2.48 bits per heavy atom. The van der Waals surface area contributed by atoms with E-state index in [1.165, 1.54) is 17.2 Å². The maximum atomic E-state index is 13.7. The second kappa shape index (κ2) is 12.9. The Bertz CT molecular complexity index is 1750. The lowest BCUT2D eigenvalue weighted by atomic mass is 9.91. The Hall–Kier alpha value is -4.80. The molecular formula is C35H34F3N3O5. The average Bonchev–Trinajstić information content (AvgIpc) is 3.27. The molecule has 3 aromatic carbocycles. The van der Waals surface area contributed by atoms with E-state index < -0.39 is 23.3 Å². The van der Waals surface area contributed by atoms with E-state index in [1.54, 1.807) is 31.2 Å². The van der Waals surface area contributed by atoms with Gasteiger partial charge in [0.25, 0.3) is 5.91 Å². The Balaban J connectivity index is 1.06. The Kier molecular flexibility index (Phi) is 8.75. The molecule has 6 rings (SSSR count). The van der Waals surface area contributed by atoms with Gasteiger partial charge in [-0.15, -0.1) is 0 Å². The molecule has 2 aliphatic rings.